The van der Waals surface area contributed by atoms with E-state index in [4.69, 9.17) is 23.2 Å². The maximum atomic E-state index is 13.7. The minimum absolute atomic E-state index is 0.255. The highest BCUT2D eigenvalue weighted by atomic mass is 35.5. The van der Waals surface area contributed by atoms with E-state index >= 15 is 0 Å². The lowest BCUT2D eigenvalue weighted by Crippen LogP contribution is -2.06. The maximum absolute atomic E-state index is 13.7. The first-order valence-corrected chi connectivity index (χ1v) is 8.32. The fraction of sp³-hybridized carbons (Fsp3) is 0.111. The summed E-state index contributed by atoms with van der Waals surface area (Å²) in [6.07, 6.45) is 0. The van der Waals surface area contributed by atoms with Crippen LogP contribution in [0.2, 0.25) is 10.0 Å². The van der Waals surface area contributed by atoms with Crippen molar-refractivity contribution in [2.24, 2.45) is 0 Å². The van der Waals surface area contributed by atoms with Gasteiger partial charge in [-0.15, -0.1) is 0 Å². The lowest BCUT2D eigenvalue weighted by atomic mass is 10.2. The molecule has 0 bridgehead atoms. The van der Waals surface area contributed by atoms with Crippen LogP contribution in [0.5, 0.6) is 0 Å². The van der Waals surface area contributed by atoms with E-state index in [2.05, 4.69) is 20.6 Å². The second kappa shape index (κ2) is 7.68. The van der Waals surface area contributed by atoms with Crippen LogP contribution >= 0.6 is 23.2 Å². The average Bonchev–Trinajstić information content (AvgIpc) is 2.57. The Morgan fingerprint density at radius 1 is 0.960 bits per heavy atom. The Labute approximate surface area is 155 Å². The van der Waals surface area contributed by atoms with Crippen LogP contribution in [0.25, 0.3) is 0 Å². The zero-order valence-corrected chi connectivity index (χ0v) is 14.9. The van der Waals surface area contributed by atoms with Crippen LogP contribution in [0.1, 0.15) is 11.4 Å². The Kier molecular flexibility index (Phi) is 5.36. The number of hydrogen-bond acceptors (Lipinski definition) is 4. The summed E-state index contributed by atoms with van der Waals surface area (Å²) in [5.74, 6) is 1.52. The van der Waals surface area contributed by atoms with Gasteiger partial charge in [0, 0.05) is 23.9 Å². The van der Waals surface area contributed by atoms with E-state index in [0.717, 1.165) is 5.69 Å². The first-order chi connectivity index (χ1) is 12.0. The van der Waals surface area contributed by atoms with Gasteiger partial charge in [-0.3, -0.25) is 0 Å². The van der Waals surface area contributed by atoms with Crippen molar-refractivity contribution < 1.29 is 4.39 Å². The fourth-order valence-corrected chi connectivity index (χ4v) is 2.57. The largest absolute Gasteiger partial charge is 0.366 e. The van der Waals surface area contributed by atoms with Crippen LogP contribution in [0.3, 0.4) is 0 Å². The minimum atomic E-state index is -0.255. The third-order valence-electron chi connectivity index (χ3n) is 3.45. The molecular formula is C18H15Cl2FN4. The average molecular weight is 377 g/mol. The van der Waals surface area contributed by atoms with Gasteiger partial charge < -0.3 is 10.6 Å². The molecule has 0 saturated heterocycles. The lowest BCUT2D eigenvalue weighted by molar-refractivity contribution is 0.613. The minimum Gasteiger partial charge on any atom is -0.366 e. The molecular weight excluding hydrogens is 362 g/mol. The first-order valence-electron chi connectivity index (χ1n) is 7.56. The van der Waals surface area contributed by atoms with E-state index in [1.54, 1.807) is 49.4 Å². The van der Waals surface area contributed by atoms with Gasteiger partial charge in [0.1, 0.15) is 23.3 Å². The maximum Gasteiger partial charge on any atom is 0.136 e. The third kappa shape index (κ3) is 4.59. The molecule has 0 atom stereocenters. The van der Waals surface area contributed by atoms with Crippen molar-refractivity contribution >= 4 is 40.5 Å². The van der Waals surface area contributed by atoms with Gasteiger partial charge in [-0.05, 0) is 31.2 Å². The van der Waals surface area contributed by atoms with Gasteiger partial charge in [0.2, 0.25) is 0 Å². The Balaban J connectivity index is 1.76. The van der Waals surface area contributed by atoms with Gasteiger partial charge in [0.25, 0.3) is 0 Å². The Bertz CT molecular complexity index is 902. The van der Waals surface area contributed by atoms with Crippen molar-refractivity contribution in [2.75, 3.05) is 10.6 Å². The summed E-state index contributed by atoms with van der Waals surface area (Å²) < 4.78 is 13.7. The summed E-state index contributed by atoms with van der Waals surface area (Å²) in [6.45, 7) is 2.11. The van der Waals surface area contributed by atoms with Crippen molar-refractivity contribution in [2.45, 2.75) is 13.5 Å². The molecule has 1 heterocycles. The Hall–Kier alpha value is -2.37. The van der Waals surface area contributed by atoms with Crippen molar-refractivity contribution in [3.8, 4) is 0 Å². The van der Waals surface area contributed by atoms with Crippen LogP contribution in [0, 0.1) is 12.7 Å². The molecule has 0 spiro atoms. The molecule has 3 rings (SSSR count). The summed E-state index contributed by atoms with van der Waals surface area (Å²) >= 11 is 11.9. The molecule has 2 aromatic carbocycles. The number of rotatable bonds is 5. The number of nitrogens with zero attached hydrogens (tertiary/aromatic N) is 2. The van der Waals surface area contributed by atoms with Crippen molar-refractivity contribution in [1.29, 1.82) is 0 Å². The second-order valence-electron chi connectivity index (χ2n) is 5.38. The summed E-state index contributed by atoms with van der Waals surface area (Å²) in [4.78, 5) is 8.66. The molecule has 0 fully saturated rings. The predicted octanol–water partition coefficient (Wildman–Crippen LogP) is 5.59. The molecule has 0 aliphatic rings. The standard InChI is InChI=1S/C18H15Cl2FN4/c1-11-23-17(22-10-12-4-2-3-5-16(12)21)9-18(24-11)25-13-6-7-14(19)15(20)8-13/h2-9H,10H2,1H3,(H2,22,23,24,25). The van der Waals surface area contributed by atoms with Crippen LogP contribution in [0.4, 0.5) is 21.7 Å². The molecule has 3 aromatic rings. The zero-order chi connectivity index (χ0) is 17.8. The third-order valence-corrected chi connectivity index (χ3v) is 4.19. The van der Waals surface area contributed by atoms with Crippen molar-refractivity contribution in [1.82, 2.24) is 9.97 Å². The number of halogens is 3. The van der Waals surface area contributed by atoms with E-state index in [-0.39, 0.29) is 5.82 Å². The normalized spacial score (nSPS) is 10.6. The topological polar surface area (TPSA) is 49.8 Å². The highest BCUT2D eigenvalue weighted by Gasteiger charge is 2.06. The van der Waals surface area contributed by atoms with Gasteiger partial charge in [-0.1, -0.05) is 41.4 Å². The molecule has 0 aliphatic heterocycles. The quantitative estimate of drug-likeness (QED) is 0.609. The molecule has 0 radical (unpaired) electrons. The molecule has 1 aromatic heterocycles. The van der Waals surface area contributed by atoms with Gasteiger partial charge in [0.05, 0.1) is 10.0 Å². The monoisotopic (exact) mass is 376 g/mol. The van der Waals surface area contributed by atoms with E-state index in [1.165, 1.54) is 6.07 Å². The van der Waals surface area contributed by atoms with Crippen LogP contribution in [-0.4, -0.2) is 9.97 Å². The SMILES string of the molecule is Cc1nc(NCc2ccccc2F)cc(Nc2ccc(Cl)c(Cl)c2)n1. The first kappa shape index (κ1) is 17.5. The number of anilines is 3. The molecule has 0 saturated carbocycles. The van der Waals surface area contributed by atoms with Gasteiger partial charge in [-0.2, -0.15) is 0 Å². The summed E-state index contributed by atoms with van der Waals surface area (Å²) in [7, 11) is 0. The lowest BCUT2D eigenvalue weighted by Gasteiger charge is -2.11. The fourth-order valence-electron chi connectivity index (χ4n) is 2.27. The molecule has 0 unspecified atom stereocenters. The van der Waals surface area contributed by atoms with Crippen molar-refractivity contribution in [3.63, 3.8) is 0 Å². The Morgan fingerprint density at radius 2 is 1.72 bits per heavy atom. The van der Waals surface area contributed by atoms with Crippen LogP contribution in [-0.2, 0) is 6.54 Å². The molecule has 128 valence electrons. The smallest absolute Gasteiger partial charge is 0.136 e. The highest BCUT2D eigenvalue weighted by molar-refractivity contribution is 6.42. The molecule has 25 heavy (non-hydrogen) atoms. The summed E-state index contributed by atoms with van der Waals surface area (Å²) in [6, 6.07) is 13.6. The molecule has 2 N–H and O–H groups in total. The Morgan fingerprint density at radius 3 is 2.48 bits per heavy atom. The van der Waals surface area contributed by atoms with E-state index in [0.29, 0.717) is 39.6 Å². The molecule has 0 amide bonds. The molecule has 0 aliphatic carbocycles. The van der Waals surface area contributed by atoms with Crippen LogP contribution < -0.4 is 10.6 Å². The van der Waals surface area contributed by atoms with E-state index < -0.39 is 0 Å². The van der Waals surface area contributed by atoms with E-state index in [9.17, 15) is 4.39 Å². The number of aryl methyl sites for hydroxylation is 1. The zero-order valence-electron chi connectivity index (χ0n) is 13.4. The molecule has 7 heteroatoms. The van der Waals surface area contributed by atoms with Gasteiger partial charge in [0.15, 0.2) is 0 Å². The number of hydrogen-bond donors (Lipinski definition) is 2. The van der Waals surface area contributed by atoms with E-state index in [1.807, 2.05) is 0 Å². The number of benzene rings is 2. The van der Waals surface area contributed by atoms with Crippen LogP contribution in [0.15, 0.2) is 48.5 Å². The number of nitrogens with one attached hydrogen (secondary N) is 2. The number of aromatic nitrogens is 2. The predicted molar refractivity (Wildman–Crippen MR) is 100 cm³/mol. The summed E-state index contributed by atoms with van der Waals surface area (Å²) in [5, 5.41) is 7.20. The van der Waals surface area contributed by atoms with Crippen molar-refractivity contribution in [3.05, 3.63) is 75.8 Å². The summed E-state index contributed by atoms with van der Waals surface area (Å²) in [5.41, 5.74) is 1.32. The van der Waals surface area contributed by atoms with Gasteiger partial charge in [-0.25, -0.2) is 14.4 Å². The second-order valence-corrected chi connectivity index (χ2v) is 6.20. The highest BCUT2D eigenvalue weighted by Crippen LogP contribution is 2.27. The van der Waals surface area contributed by atoms with Gasteiger partial charge >= 0.3 is 0 Å². The molecule has 4 nitrogen and oxygen atoms in total.